The molecule has 3 heterocycles. The van der Waals surface area contributed by atoms with Gasteiger partial charge in [-0.1, -0.05) is 133 Å². The van der Waals surface area contributed by atoms with E-state index in [1.807, 2.05) is 66.9 Å². The molecule has 0 atom stereocenters. The first kappa shape index (κ1) is 32.2. The molecule has 0 aliphatic carbocycles. The number of pyridine rings is 1. The van der Waals surface area contributed by atoms with E-state index in [1.165, 1.54) is 10.8 Å². The van der Waals surface area contributed by atoms with Crippen molar-refractivity contribution >= 4 is 21.8 Å². The number of aromatic nitrogens is 5. The second-order valence-electron chi connectivity index (χ2n) is 13.5. The van der Waals surface area contributed by atoms with Gasteiger partial charge >= 0.3 is 0 Å². The Balaban J connectivity index is 1.11. The van der Waals surface area contributed by atoms with Crippen molar-refractivity contribution in [2.24, 2.45) is 0 Å². The van der Waals surface area contributed by atoms with Gasteiger partial charge in [-0.25, -0.2) is 15.0 Å². The number of nitrogens with zero attached hydrogens (tertiary/aromatic N) is 5. The molecule has 0 amide bonds. The van der Waals surface area contributed by atoms with Gasteiger partial charge in [0.15, 0.2) is 11.6 Å². The molecule has 258 valence electrons. The molecule has 55 heavy (non-hydrogen) atoms. The fourth-order valence-corrected chi connectivity index (χ4v) is 7.41. The molecule has 10 aromatic rings. The average Bonchev–Trinajstić information content (AvgIpc) is 3.67. The van der Waals surface area contributed by atoms with Crippen LogP contribution in [0.2, 0.25) is 0 Å². The van der Waals surface area contributed by atoms with Gasteiger partial charge in [-0.2, -0.15) is 0 Å². The first-order valence-electron chi connectivity index (χ1n) is 18.4. The summed E-state index contributed by atoms with van der Waals surface area (Å²) in [4.78, 5) is 19.8. The molecule has 0 N–H and O–H groups in total. The monoisotopic (exact) mass is 703 g/mol. The smallest absolute Gasteiger partial charge is 0.164 e. The Morgan fingerprint density at radius 1 is 0.382 bits per heavy atom. The van der Waals surface area contributed by atoms with Crippen LogP contribution >= 0.6 is 0 Å². The maximum absolute atomic E-state index is 5.12. The predicted molar refractivity (Wildman–Crippen MR) is 225 cm³/mol. The lowest BCUT2D eigenvalue weighted by atomic mass is 9.92. The van der Waals surface area contributed by atoms with E-state index in [-0.39, 0.29) is 0 Å². The molecule has 0 spiro atoms. The number of benzene rings is 7. The zero-order valence-corrected chi connectivity index (χ0v) is 29.8. The molecule has 5 heteroatoms. The lowest BCUT2D eigenvalue weighted by molar-refractivity contribution is 1.08. The Labute approximate surface area is 318 Å². The Hall–Kier alpha value is -7.50. The lowest BCUT2D eigenvalue weighted by Crippen LogP contribution is -1.99. The van der Waals surface area contributed by atoms with Gasteiger partial charge in [0.2, 0.25) is 0 Å². The van der Waals surface area contributed by atoms with Crippen molar-refractivity contribution in [2.45, 2.75) is 0 Å². The third kappa shape index (κ3) is 6.14. The second-order valence-corrected chi connectivity index (χ2v) is 13.5. The summed E-state index contributed by atoms with van der Waals surface area (Å²) in [6.45, 7) is 0. The number of fused-ring (bicyclic) bond motifs is 2. The average molecular weight is 704 g/mol. The molecular weight excluding hydrogens is 671 g/mol. The van der Waals surface area contributed by atoms with Crippen molar-refractivity contribution in [1.29, 1.82) is 0 Å². The number of imidazole rings is 1. The van der Waals surface area contributed by atoms with Gasteiger partial charge in [-0.15, -0.1) is 0 Å². The van der Waals surface area contributed by atoms with Crippen molar-refractivity contribution in [3.8, 4) is 73.4 Å². The molecule has 0 unspecified atom stereocenters. The van der Waals surface area contributed by atoms with E-state index in [1.54, 1.807) is 0 Å². The van der Waals surface area contributed by atoms with Crippen molar-refractivity contribution in [3.63, 3.8) is 0 Å². The minimum absolute atomic E-state index is 0.701. The fraction of sp³-hybridized carbons (Fsp3) is 0. The van der Waals surface area contributed by atoms with Crippen molar-refractivity contribution < 1.29 is 0 Å². The Kier molecular flexibility index (Phi) is 8.08. The van der Waals surface area contributed by atoms with E-state index >= 15 is 0 Å². The molecule has 0 aliphatic heterocycles. The topological polar surface area (TPSA) is 56.5 Å². The summed E-state index contributed by atoms with van der Waals surface area (Å²) in [5, 5.41) is 2.36. The third-order valence-corrected chi connectivity index (χ3v) is 10.1. The Bertz CT molecular complexity index is 2910. The van der Waals surface area contributed by atoms with Crippen LogP contribution in [0, 0.1) is 0 Å². The van der Waals surface area contributed by atoms with Crippen LogP contribution in [-0.4, -0.2) is 24.5 Å². The molecule has 0 bridgehead atoms. The Morgan fingerprint density at radius 2 is 1.05 bits per heavy atom. The predicted octanol–water partition coefficient (Wildman–Crippen LogP) is 12.4. The van der Waals surface area contributed by atoms with Gasteiger partial charge in [-0.05, 0) is 93.7 Å². The minimum Gasteiger partial charge on any atom is -0.291 e. The van der Waals surface area contributed by atoms with Crippen LogP contribution in [0.15, 0.2) is 200 Å². The molecule has 3 aromatic heterocycles. The van der Waals surface area contributed by atoms with Crippen molar-refractivity contribution in [2.75, 3.05) is 0 Å². The van der Waals surface area contributed by atoms with E-state index in [4.69, 9.17) is 15.0 Å². The highest BCUT2D eigenvalue weighted by molar-refractivity contribution is 6.00. The van der Waals surface area contributed by atoms with Crippen LogP contribution in [0.5, 0.6) is 0 Å². The SMILES string of the molecule is c1ccc(-c2cc(-c3cccc(-c4cc(-c5cccc(-n6c(-c7ccccn7)nc7ccccc76)c5)cc5ccccc45)c3)nc(-c3ccccc3)n2)cc1. The van der Waals surface area contributed by atoms with Crippen molar-refractivity contribution in [3.05, 3.63) is 200 Å². The highest BCUT2D eigenvalue weighted by Gasteiger charge is 2.17. The van der Waals surface area contributed by atoms with E-state index in [9.17, 15) is 0 Å². The van der Waals surface area contributed by atoms with Crippen LogP contribution in [0.4, 0.5) is 0 Å². The quantitative estimate of drug-likeness (QED) is 0.166. The normalized spacial score (nSPS) is 11.3. The molecule has 0 saturated carbocycles. The highest BCUT2D eigenvalue weighted by atomic mass is 15.1. The minimum atomic E-state index is 0.701. The fourth-order valence-electron chi connectivity index (χ4n) is 7.41. The van der Waals surface area contributed by atoms with Crippen LogP contribution in [0.1, 0.15) is 0 Å². The molecule has 0 radical (unpaired) electrons. The van der Waals surface area contributed by atoms with E-state index in [2.05, 4.69) is 143 Å². The van der Waals surface area contributed by atoms with Crippen molar-refractivity contribution in [1.82, 2.24) is 24.5 Å². The maximum Gasteiger partial charge on any atom is 0.164 e. The summed E-state index contributed by atoms with van der Waals surface area (Å²) in [5.41, 5.74) is 13.1. The van der Waals surface area contributed by atoms with Gasteiger partial charge in [0.05, 0.1) is 22.4 Å². The largest absolute Gasteiger partial charge is 0.291 e. The summed E-state index contributed by atoms with van der Waals surface area (Å²) in [6.07, 6.45) is 1.82. The van der Waals surface area contributed by atoms with Gasteiger partial charge in [-0.3, -0.25) is 9.55 Å². The standard InChI is InChI=1S/C50H33N5/c1-3-15-34(16-4-1)46-33-47(53-49(52-46)35-17-5-2-6-18-35)39-22-13-21-38(29-39)43-32-40(30-37-19-7-8-24-42(37)43)36-20-14-23-41(31-36)55-48-27-10-9-25-44(48)54-50(55)45-26-11-12-28-51-45/h1-33H. The van der Waals surface area contributed by atoms with Gasteiger partial charge in [0, 0.05) is 28.6 Å². The summed E-state index contributed by atoms with van der Waals surface area (Å²) < 4.78 is 2.21. The lowest BCUT2D eigenvalue weighted by Gasteiger charge is -2.15. The molecule has 0 aliphatic rings. The number of hydrogen-bond acceptors (Lipinski definition) is 4. The van der Waals surface area contributed by atoms with Crippen LogP contribution in [-0.2, 0) is 0 Å². The number of rotatable bonds is 7. The summed E-state index contributed by atoms with van der Waals surface area (Å²) in [6, 6.07) is 67.5. The number of para-hydroxylation sites is 2. The van der Waals surface area contributed by atoms with E-state index < -0.39 is 0 Å². The van der Waals surface area contributed by atoms with E-state index in [0.29, 0.717) is 5.82 Å². The molecule has 10 rings (SSSR count). The van der Waals surface area contributed by atoms with Gasteiger partial charge in [0.25, 0.3) is 0 Å². The van der Waals surface area contributed by atoms with Crippen LogP contribution in [0.3, 0.4) is 0 Å². The zero-order chi connectivity index (χ0) is 36.6. The molecule has 0 saturated heterocycles. The number of hydrogen-bond donors (Lipinski definition) is 0. The molecule has 7 aromatic carbocycles. The first-order chi connectivity index (χ1) is 27.2. The van der Waals surface area contributed by atoms with Gasteiger partial charge < -0.3 is 0 Å². The van der Waals surface area contributed by atoms with Crippen LogP contribution in [0.25, 0.3) is 95.2 Å². The zero-order valence-electron chi connectivity index (χ0n) is 29.8. The van der Waals surface area contributed by atoms with E-state index in [0.717, 1.165) is 78.6 Å². The maximum atomic E-state index is 5.12. The molecular formula is C50H33N5. The molecule has 0 fully saturated rings. The summed E-state index contributed by atoms with van der Waals surface area (Å²) in [5.74, 6) is 1.51. The Morgan fingerprint density at radius 3 is 1.89 bits per heavy atom. The third-order valence-electron chi connectivity index (χ3n) is 10.1. The molecule has 5 nitrogen and oxygen atoms in total. The summed E-state index contributed by atoms with van der Waals surface area (Å²) in [7, 11) is 0. The first-order valence-corrected chi connectivity index (χ1v) is 18.4. The van der Waals surface area contributed by atoms with Crippen LogP contribution < -0.4 is 0 Å². The summed E-state index contributed by atoms with van der Waals surface area (Å²) >= 11 is 0. The second kappa shape index (κ2) is 13.8. The highest BCUT2D eigenvalue weighted by Crippen LogP contribution is 2.38. The van der Waals surface area contributed by atoms with Gasteiger partial charge in [0.1, 0.15) is 5.69 Å².